The summed E-state index contributed by atoms with van der Waals surface area (Å²) in [7, 11) is 0. The third kappa shape index (κ3) is 5.30. The molecule has 0 saturated carbocycles. The van der Waals surface area contributed by atoms with Gasteiger partial charge in [0.05, 0.1) is 5.69 Å². The molecular weight excluding hydrogens is 254 g/mol. The molecule has 0 unspecified atom stereocenters. The second-order valence-electron chi connectivity index (χ2n) is 4.74. The molecule has 0 heterocycles. The van der Waals surface area contributed by atoms with Crippen LogP contribution in [0.3, 0.4) is 0 Å². The van der Waals surface area contributed by atoms with Crippen LogP contribution in [0.1, 0.15) is 51.0 Å². The molecule has 0 radical (unpaired) electrons. The molecule has 1 aromatic carbocycles. The maximum absolute atomic E-state index is 11.9. The monoisotopic (exact) mass is 277 g/mol. The first kappa shape index (κ1) is 16.0. The maximum atomic E-state index is 11.9. The number of rotatable bonds is 8. The van der Waals surface area contributed by atoms with Crippen molar-refractivity contribution in [1.82, 2.24) is 0 Å². The second-order valence-corrected chi connectivity index (χ2v) is 4.74. The molecule has 0 aliphatic carbocycles. The van der Waals surface area contributed by atoms with Gasteiger partial charge in [0.2, 0.25) is 5.91 Å². The topological polar surface area (TPSA) is 87.7 Å². The SMILES string of the molecule is CCCCCCCC(=O)Nc1ccccc1/C(N)=N/O. The Morgan fingerprint density at radius 1 is 1.25 bits per heavy atom. The summed E-state index contributed by atoms with van der Waals surface area (Å²) in [6, 6.07) is 7.01. The highest BCUT2D eigenvalue weighted by Crippen LogP contribution is 2.15. The highest BCUT2D eigenvalue weighted by molar-refractivity contribution is 6.05. The Hall–Kier alpha value is -2.04. The van der Waals surface area contributed by atoms with Crippen LogP contribution in [-0.4, -0.2) is 17.0 Å². The third-order valence-corrected chi connectivity index (χ3v) is 3.09. The van der Waals surface area contributed by atoms with Crippen LogP contribution in [0.15, 0.2) is 29.4 Å². The minimum Gasteiger partial charge on any atom is -0.409 e. The largest absolute Gasteiger partial charge is 0.409 e. The van der Waals surface area contributed by atoms with E-state index in [0.29, 0.717) is 17.7 Å². The standard InChI is InChI=1S/C15H23N3O2/c1-2-3-4-5-6-11-14(19)17-13-10-8-7-9-12(13)15(16)18-20/h7-10,20H,2-6,11H2,1H3,(H2,16,18)(H,17,19). The molecule has 0 atom stereocenters. The Morgan fingerprint density at radius 2 is 1.95 bits per heavy atom. The van der Waals surface area contributed by atoms with Crippen molar-refractivity contribution < 1.29 is 10.0 Å². The summed E-state index contributed by atoms with van der Waals surface area (Å²) in [5.74, 6) is -0.0523. The number of oxime groups is 1. The van der Waals surface area contributed by atoms with Gasteiger partial charge < -0.3 is 16.3 Å². The van der Waals surface area contributed by atoms with Crippen LogP contribution in [-0.2, 0) is 4.79 Å². The van der Waals surface area contributed by atoms with Gasteiger partial charge in [-0.1, -0.05) is 49.9 Å². The van der Waals surface area contributed by atoms with Gasteiger partial charge in [-0.25, -0.2) is 0 Å². The molecule has 5 nitrogen and oxygen atoms in total. The van der Waals surface area contributed by atoms with Crippen molar-refractivity contribution in [1.29, 1.82) is 0 Å². The Kier molecular flexibility index (Phi) is 7.17. The number of para-hydroxylation sites is 1. The molecule has 0 fully saturated rings. The average Bonchev–Trinajstić information content (AvgIpc) is 2.47. The van der Waals surface area contributed by atoms with E-state index in [-0.39, 0.29) is 11.7 Å². The Morgan fingerprint density at radius 3 is 2.65 bits per heavy atom. The first-order valence-corrected chi connectivity index (χ1v) is 7.05. The van der Waals surface area contributed by atoms with Gasteiger partial charge in [-0.3, -0.25) is 4.79 Å². The first-order valence-electron chi connectivity index (χ1n) is 7.05. The van der Waals surface area contributed by atoms with Crippen LogP contribution in [0.5, 0.6) is 0 Å². The van der Waals surface area contributed by atoms with Crippen LogP contribution in [0, 0.1) is 0 Å². The number of anilines is 1. The predicted octanol–water partition coefficient (Wildman–Crippen LogP) is 3.08. The summed E-state index contributed by atoms with van der Waals surface area (Å²) in [5.41, 5.74) is 6.67. The smallest absolute Gasteiger partial charge is 0.224 e. The minimum absolute atomic E-state index is 0.0103. The molecule has 1 rings (SSSR count). The molecular formula is C15H23N3O2. The lowest BCUT2D eigenvalue weighted by Crippen LogP contribution is -2.18. The summed E-state index contributed by atoms with van der Waals surface area (Å²) < 4.78 is 0. The van der Waals surface area contributed by atoms with Crippen LogP contribution >= 0.6 is 0 Å². The number of amides is 1. The van der Waals surface area contributed by atoms with Gasteiger partial charge in [0.1, 0.15) is 0 Å². The number of hydrogen-bond donors (Lipinski definition) is 3. The number of carbonyl (C=O) groups is 1. The van der Waals surface area contributed by atoms with E-state index >= 15 is 0 Å². The number of benzene rings is 1. The zero-order valence-corrected chi connectivity index (χ0v) is 11.9. The normalized spacial score (nSPS) is 11.3. The summed E-state index contributed by atoms with van der Waals surface area (Å²) in [6.45, 7) is 2.16. The second kappa shape index (κ2) is 8.96. The molecule has 4 N–H and O–H groups in total. The van der Waals surface area contributed by atoms with Crippen LogP contribution in [0.2, 0.25) is 0 Å². The fourth-order valence-electron chi connectivity index (χ4n) is 1.97. The molecule has 0 aliphatic heterocycles. The Bertz CT molecular complexity index is 458. The highest BCUT2D eigenvalue weighted by atomic mass is 16.4. The van der Waals surface area contributed by atoms with Crippen LogP contribution in [0.25, 0.3) is 0 Å². The molecule has 1 aromatic rings. The lowest BCUT2D eigenvalue weighted by atomic mass is 10.1. The fraction of sp³-hybridized carbons (Fsp3) is 0.467. The molecule has 0 bridgehead atoms. The van der Waals surface area contributed by atoms with E-state index in [4.69, 9.17) is 10.9 Å². The summed E-state index contributed by atoms with van der Waals surface area (Å²) >= 11 is 0. The van der Waals surface area contributed by atoms with Crippen molar-refractivity contribution in [3.05, 3.63) is 29.8 Å². The van der Waals surface area contributed by atoms with E-state index in [1.165, 1.54) is 19.3 Å². The van der Waals surface area contributed by atoms with Gasteiger partial charge in [-0.2, -0.15) is 0 Å². The lowest BCUT2D eigenvalue weighted by Gasteiger charge is -2.09. The number of nitrogens with one attached hydrogen (secondary N) is 1. The van der Waals surface area contributed by atoms with E-state index in [9.17, 15) is 4.79 Å². The van der Waals surface area contributed by atoms with Crippen molar-refractivity contribution in [3.8, 4) is 0 Å². The zero-order valence-electron chi connectivity index (χ0n) is 11.9. The van der Waals surface area contributed by atoms with E-state index < -0.39 is 0 Å². The molecule has 0 spiro atoms. The number of amidine groups is 1. The van der Waals surface area contributed by atoms with Gasteiger partial charge in [-0.15, -0.1) is 0 Å². The van der Waals surface area contributed by atoms with Gasteiger partial charge in [-0.05, 0) is 18.6 Å². The van der Waals surface area contributed by atoms with E-state index in [0.717, 1.165) is 12.8 Å². The lowest BCUT2D eigenvalue weighted by molar-refractivity contribution is -0.116. The minimum atomic E-state index is -0.0420. The number of nitrogens with two attached hydrogens (primary N) is 1. The molecule has 0 saturated heterocycles. The molecule has 20 heavy (non-hydrogen) atoms. The van der Waals surface area contributed by atoms with Gasteiger partial charge in [0.15, 0.2) is 5.84 Å². The van der Waals surface area contributed by atoms with Crippen molar-refractivity contribution in [2.24, 2.45) is 10.9 Å². The van der Waals surface area contributed by atoms with Crippen molar-refractivity contribution >= 4 is 17.4 Å². The van der Waals surface area contributed by atoms with Crippen LogP contribution < -0.4 is 11.1 Å². The summed E-state index contributed by atoms with van der Waals surface area (Å²) in [5, 5.41) is 14.5. The highest BCUT2D eigenvalue weighted by Gasteiger charge is 2.09. The maximum Gasteiger partial charge on any atom is 0.224 e. The quantitative estimate of drug-likeness (QED) is 0.224. The number of unbranched alkanes of at least 4 members (excludes halogenated alkanes) is 4. The Balaban J connectivity index is 2.50. The number of nitrogens with zero attached hydrogens (tertiary/aromatic N) is 1. The van der Waals surface area contributed by atoms with Crippen LogP contribution in [0.4, 0.5) is 5.69 Å². The van der Waals surface area contributed by atoms with E-state index in [1.807, 2.05) is 0 Å². The van der Waals surface area contributed by atoms with Gasteiger partial charge in [0.25, 0.3) is 0 Å². The first-order chi connectivity index (χ1) is 9.69. The van der Waals surface area contributed by atoms with Gasteiger partial charge in [0, 0.05) is 12.0 Å². The van der Waals surface area contributed by atoms with Crippen molar-refractivity contribution in [2.45, 2.75) is 45.4 Å². The number of hydrogen-bond acceptors (Lipinski definition) is 3. The number of carbonyl (C=O) groups excluding carboxylic acids is 1. The molecule has 1 amide bonds. The molecule has 110 valence electrons. The fourth-order valence-corrected chi connectivity index (χ4v) is 1.97. The molecule has 0 aromatic heterocycles. The molecule has 0 aliphatic rings. The average molecular weight is 277 g/mol. The molecule has 5 heteroatoms. The predicted molar refractivity (Wildman–Crippen MR) is 81.0 cm³/mol. The zero-order chi connectivity index (χ0) is 14.8. The van der Waals surface area contributed by atoms with Crippen molar-refractivity contribution in [2.75, 3.05) is 5.32 Å². The summed E-state index contributed by atoms with van der Waals surface area (Å²) in [4.78, 5) is 11.9. The Labute approximate surface area is 119 Å². The third-order valence-electron chi connectivity index (χ3n) is 3.09. The summed E-state index contributed by atoms with van der Waals surface area (Å²) in [6.07, 6.45) is 6.03. The van der Waals surface area contributed by atoms with Gasteiger partial charge >= 0.3 is 0 Å². The van der Waals surface area contributed by atoms with E-state index in [1.54, 1.807) is 24.3 Å². The van der Waals surface area contributed by atoms with E-state index in [2.05, 4.69) is 17.4 Å². The van der Waals surface area contributed by atoms with Crippen molar-refractivity contribution in [3.63, 3.8) is 0 Å².